The van der Waals surface area contributed by atoms with Gasteiger partial charge in [0, 0.05) is 18.7 Å². The molecule has 1 aromatic heterocycles. The van der Waals surface area contributed by atoms with Crippen LogP contribution in [0.5, 0.6) is 5.75 Å². The summed E-state index contributed by atoms with van der Waals surface area (Å²) in [6, 6.07) is 8.45. The van der Waals surface area contributed by atoms with Crippen molar-refractivity contribution in [3.05, 3.63) is 47.0 Å². The number of ether oxygens (including phenoxy) is 1. The number of hydrogen-bond acceptors (Lipinski definition) is 3. The molecule has 2 heterocycles. The maximum absolute atomic E-state index is 5.48. The summed E-state index contributed by atoms with van der Waals surface area (Å²) in [7, 11) is 0. The largest absolute Gasteiger partial charge is 0.494 e. The lowest BCUT2D eigenvalue weighted by Crippen LogP contribution is -2.30. The second kappa shape index (κ2) is 5.05. The zero-order chi connectivity index (χ0) is 13.2. The maximum atomic E-state index is 5.48. The first-order chi connectivity index (χ1) is 9.28. The summed E-state index contributed by atoms with van der Waals surface area (Å²) < 4.78 is 5.48. The molecular weight excluding hydrogens is 238 g/mol. The van der Waals surface area contributed by atoms with E-state index in [1.165, 1.54) is 11.3 Å². The molecule has 1 unspecified atom stereocenters. The molecular formula is C15H19N3O. The van der Waals surface area contributed by atoms with Crippen molar-refractivity contribution in [2.24, 2.45) is 0 Å². The van der Waals surface area contributed by atoms with E-state index < -0.39 is 0 Å². The highest BCUT2D eigenvalue weighted by molar-refractivity contribution is 5.36. The Morgan fingerprint density at radius 1 is 1.32 bits per heavy atom. The van der Waals surface area contributed by atoms with Crippen LogP contribution < -0.4 is 10.1 Å². The number of imidazole rings is 1. The van der Waals surface area contributed by atoms with Gasteiger partial charge in [0.05, 0.1) is 18.3 Å². The standard InChI is InChI=1S/C15H19N3O/c1-3-19-12-6-4-11(5-7-12)14-15-13(8-9-16-14)17-10(2)18-15/h4-7,14,16H,3,8-9H2,1-2H3,(H,17,18). The fraction of sp³-hybridized carbons (Fsp3) is 0.400. The van der Waals surface area contributed by atoms with E-state index >= 15 is 0 Å². The number of aromatic nitrogens is 2. The molecule has 0 radical (unpaired) electrons. The van der Waals surface area contributed by atoms with Gasteiger partial charge in [0.25, 0.3) is 0 Å². The molecule has 1 atom stereocenters. The Morgan fingerprint density at radius 3 is 2.84 bits per heavy atom. The Labute approximate surface area is 113 Å². The molecule has 19 heavy (non-hydrogen) atoms. The Balaban J connectivity index is 1.90. The second-order valence-corrected chi connectivity index (χ2v) is 4.83. The second-order valence-electron chi connectivity index (χ2n) is 4.83. The molecule has 0 fully saturated rings. The molecule has 0 aliphatic carbocycles. The molecule has 4 nitrogen and oxygen atoms in total. The topological polar surface area (TPSA) is 49.9 Å². The van der Waals surface area contributed by atoms with Crippen molar-refractivity contribution < 1.29 is 4.74 Å². The lowest BCUT2D eigenvalue weighted by Gasteiger charge is -2.23. The Kier molecular flexibility index (Phi) is 3.25. The molecule has 4 heteroatoms. The van der Waals surface area contributed by atoms with E-state index in [-0.39, 0.29) is 6.04 Å². The predicted molar refractivity (Wildman–Crippen MR) is 74.5 cm³/mol. The summed E-state index contributed by atoms with van der Waals surface area (Å²) in [5.41, 5.74) is 3.62. The van der Waals surface area contributed by atoms with Crippen molar-refractivity contribution in [2.75, 3.05) is 13.2 Å². The van der Waals surface area contributed by atoms with Crippen LogP contribution in [0.4, 0.5) is 0 Å². The zero-order valence-electron chi connectivity index (χ0n) is 11.4. The number of benzene rings is 1. The molecule has 3 rings (SSSR count). The number of hydrogen-bond donors (Lipinski definition) is 2. The quantitative estimate of drug-likeness (QED) is 0.887. The van der Waals surface area contributed by atoms with Crippen molar-refractivity contribution in [3.8, 4) is 5.75 Å². The smallest absolute Gasteiger partial charge is 0.119 e. The van der Waals surface area contributed by atoms with Gasteiger partial charge in [0.2, 0.25) is 0 Å². The van der Waals surface area contributed by atoms with Crippen LogP contribution in [0.2, 0.25) is 0 Å². The van der Waals surface area contributed by atoms with Gasteiger partial charge in [0.1, 0.15) is 11.6 Å². The van der Waals surface area contributed by atoms with Crippen LogP contribution in [0.25, 0.3) is 0 Å². The minimum Gasteiger partial charge on any atom is -0.494 e. The number of aromatic amines is 1. The Hall–Kier alpha value is -1.81. The SMILES string of the molecule is CCOc1ccc(C2NCCc3[nH]c(C)nc32)cc1. The predicted octanol–water partition coefficient (Wildman–Crippen LogP) is 2.35. The minimum atomic E-state index is 0.185. The highest BCUT2D eigenvalue weighted by atomic mass is 16.5. The van der Waals surface area contributed by atoms with Crippen LogP contribution in [0.1, 0.15) is 35.7 Å². The Morgan fingerprint density at radius 2 is 2.11 bits per heavy atom. The monoisotopic (exact) mass is 257 g/mol. The lowest BCUT2D eigenvalue weighted by atomic mass is 9.98. The minimum absolute atomic E-state index is 0.185. The molecule has 0 spiro atoms. The summed E-state index contributed by atoms with van der Waals surface area (Å²) in [5, 5.41) is 3.53. The number of nitrogens with one attached hydrogen (secondary N) is 2. The molecule has 0 amide bonds. The highest BCUT2D eigenvalue weighted by Gasteiger charge is 2.24. The first-order valence-electron chi connectivity index (χ1n) is 6.79. The number of rotatable bonds is 3. The molecule has 100 valence electrons. The van der Waals surface area contributed by atoms with Gasteiger partial charge in [-0.25, -0.2) is 4.98 Å². The molecule has 0 saturated heterocycles. The highest BCUT2D eigenvalue weighted by Crippen LogP contribution is 2.28. The molecule has 1 aliphatic rings. The lowest BCUT2D eigenvalue weighted by molar-refractivity contribution is 0.340. The van der Waals surface area contributed by atoms with E-state index in [2.05, 4.69) is 27.4 Å². The van der Waals surface area contributed by atoms with Gasteiger partial charge in [0.15, 0.2) is 0 Å². The summed E-state index contributed by atoms with van der Waals surface area (Å²) in [6.45, 7) is 5.68. The third kappa shape index (κ3) is 2.36. The van der Waals surface area contributed by atoms with Gasteiger partial charge >= 0.3 is 0 Å². The zero-order valence-corrected chi connectivity index (χ0v) is 11.4. The first kappa shape index (κ1) is 12.2. The fourth-order valence-corrected chi connectivity index (χ4v) is 2.62. The van der Waals surface area contributed by atoms with E-state index in [1.54, 1.807) is 0 Å². The van der Waals surface area contributed by atoms with E-state index in [0.29, 0.717) is 6.61 Å². The van der Waals surface area contributed by atoms with Gasteiger partial charge in [-0.05, 0) is 31.5 Å². The molecule has 2 aromatic rings. The normalized spacial score (nSPS) is 18.1. The van der Waals surface area contributed by atoms with Crippen LogP contribution in [0, 0.1) is 6.92 Å². The van der Waals surface area contributed by atoms with E-state index in [4.69, 9.17) is 4.74 Å². The van der Waals surface area contributed by atoms with Gasteiger partial charge in [-0.1, -0.05) is 12.1 Å². The molecule has 0 saturated carbocycles. The van der Waals surface area contributed by atoms with Gasteiger partial charge in [-0.15, -0.1) is 0 Å². The number of nitrogens with zero attached hydrogens (tertiary/aromatic N) is 1. The molecule has 2 N–H and O–H groups in total. The number of H-pyrrole nitrogens is 1. The number of fused-ring (bicyclic) bond motifs is 1. The third-order valence-corrected chi connectivity index (χ3v) is 3.45. The van der Waals surface area contributed by atoms with E-state index in [0.717, 1.165) is 30.2 Å². The van der Waals surface area contributed by atoms with Gasteiger partial charge in [-0.2, -0.15) is 0 Å². The number of aryl methyl sites for hydroxylation is 1. The summed E-state index contributed by atoms with van der Waals surface area (Å²) in [4.78, 5) is 7.97. The summed E-state index contributed by atoms with van der Waals surface area (Å²) in [5.74, 6) is 1.91. The molecule has 0 bridgehead atoms. The van der Waals surface area contributed by atoms with E-state index in [9.17, 15) is 0 Å². The van der Waals surface area contributed by atoms with Crippen molar-refractivity contribution in [3.63, 3.8) is 0 Å². The fourth-order valence-electron chi connectivity index (χ4n) is 2.62. The Bertz CT molecular complexity index is 559. The van der Waals surface area contributed by atoms with Crippen LogP contribution in [-0.4, -0.2) is 23.1 Å². The van der Waals surface area contributed by atoms with Crippen molar-refractivity contribution >= 4 is 0 Å². The summed E-state index contributed by atoms with van der Waals surface area (Å²) >= 11 is 0. The van der Waals surface area contributed by atoms with Crippen molar-refractivity contribution in [1.82, 2.24) is 15.3 Å². The van der Waals surface area contributed by atoms with E-state index in [1.807, 2.05) is 26.0 Å². The van der Waals surface area contributed by atoms with Crippen LogP contribution in [0.3, 0.4) is 0 Å². The first-order valence-corrected chi connectivity index (χ1v) is 6.79. The van der Waals surface area contributed by atoms with Crippen LogP contribution in [-0.2, 0) is 6.42 Å². The van der Waals surface area contributed by atoms with Gasteiger partial charge < -0.3 is 15.0 Å². The molecule has 1 aliphatic heterocycles. The maximum Gasteiger partial charge on any atom is 0.119 e. The van der Waals surface area contributed by atoms with Gasteiger partial charge in [-0.3, -0.25) is 0 Å². The van der Waals surface area contributed by atoms with Crippen LogP contribution >= 0.6 is 0 Å². The summed E-state index contributed by atoms with van der Waals surface area (Å²) in [6.07, 6.45) is 1.02. The third-order valence-electron chi connectivity index (χ3n) is 3.45. The average molecular weight is 257 g/mol. The van der Waals surface area contributed by atoms with Crippen molar-refractivity contribution in [1.29, 1.82) is 0 Å². The van der Waals surface area contributed by atoms with Crippen molar-refractivity contribution in [2.45, 2.75) is 26.3 Å². The average Bonchev–Trinajstić information content (AvgIpc) is 2.80. The van der Waals surface area contributed by atoms with Crippen LogP contribution in [0.15, 0.2) is 24.3 Å². The molecule has 1 aromatic carbocycles.